The van der Waals surface area contributed by atoms with Crippen molar-refractivity contribution in [3.63, 3.8) is 0 Å². The number of nitrogens with one attached hydrogen (secondary N) is 1. The fraction of sp³-hybridized carbons (Fsp3) is 0.364. The van der Waals surface area contributed by atoms with Crippen LogP contribution in [0.1, 0.15) is 5.01 Å². The number of methoxy groups -OCH3 is 2. The minimum Gasteiger partial charge on any atom is -0.493 e. The van der Waals surface area contributed by atoms with Gasteiger partial charge in [0.1, 0.15) is 5.01 Å². The summed E-state index contributed by atoms with van der Waals surface area (Å²) in [4.78, 5) is 4.51. The maximum absolute atomic E-state index is 5.25. The summed E-state index contributed by atoms with van der Waals surface area (Å²) in [5.41, 5.74) is 0.952. The second-order valence-electron chi connectivity index (χ2n) is 3.31. The number of fused-ring (bicyclic) bond motifs is 1. The maximum Gasteiger partial charge on any atom is 0.162 e. The van der Waals surface area contributed by atoms with E-state index in [1.54, 1.807) is 25.6 Å². The van der Waals surface area contributed by atoms with E-state index in [9.17, 15) is 0 Å². The van der Waals surface area contributed by atoms with E-state index in [-0.39, 0.29) is 0 Å². The van der Waals surface area contributed by atoms with Gasteiger partial charge in [-0.15, -0.1) is 11.3 Å². The maximum atomic E-state index is 5.25. The van der Waals surface area contributed by atoms with Crippen molar-refractivity contribution in [2.75, 3.05) is 21.3 Å². The molecule has 0 radical (unpaired) electrons. The Balaban J connectivity index is 2.51. The zero-order valence-electron chi connectivity index (χ0n) is 9.53. The molecule has 1 aromatic carbocycles. The minimum atomic E-state index is 0.719. The van der Waals surface area contributed by atoms with Crippen LogP contribution in [0.25, 0.3) is 10.2 Å². The van der Waals surface area contributed by atoms with Crippen molar-refractivity contribution in [3.8, 4) is 11.5 Å². The fourth-order valence-corrected chi connectivity index (χ4v) is 2.52. The Morgan fingerprint density at radius 1 is 1.25 bits per heavy atom. The first-order valence-corrected chi connectivity index (χ1v) is 5.76. The zero-order valence-corrected chi connectivity index (χ0v) is 10.4. The van der Waals surface area contributed by atoms with Crippen LogP contribution in [0.2, 0.25) is 0 Å². The van der Waals surface area contributed by atoms with E-state index in [1.807, 2.05) is 19.2 Å². The van der Waals surface area contributed by atoms with E-state index in [2.05, 4.69) is 10.3 Å². The Hall–Kier alpha value is -1.33. The van der Waals surface area contributed by atoms with Crippen molar-refractivity contribution in [3.05, 3.63) is 17.1 Å². The van der Waals surface area contributed by atoms with Crippen LogP contribution in [-0.2, 0) is 6.54 Å². The molecule has 4 nitrogen and oxygen atoms in total. The van der Waals surface area contributed by atoms with Crippen LogP contribution in [0.4, 0.5) is 0 Å². The Morgan fingerprint density at radius 2 is 1.94 bits per heavy atom. The largest absolute Gasteiger partial charge is 0.493 e. The Kier molecular flexibility index (Phi) is 3.26. The van der Waals surface area contributed by atoms with Crippen molar-refractivity contribution < 1.29 is 9.47 Å². The Bertz CT molecular complexity index is 455. The molecule has 0 fully saturated rings. The highest BCUT2D eigenvalue weighted by Gasteiger charge is 2.09. The summed E-state index contributed by atoms with van der Waals surface area (Å²) in [5, 5.41) is 4.15. The van der Waals surface area contributed by atoms with Crippen LogP contribution in [0, 0.1) is 0 Å². The standard InChI is InChI=1S/C11H14N2O2S/c1-12-6-11-13-7-4-8(14-2)9(15-3)5-10(7)16-11/h4-5,12H,6H2,1-3H3. The summed E-state index contributed by atoms with van der Waals surface area (Å²) >= 11 is 1.66. The normalized spacial score (nSPS) is 10.7. The quantitative estimate of drug-likeness (QED) is 0.885. The summed E-state index contributed by atoms with van der Waals surface area (Å²) < 4.78 is 11.6. The van der Waals surface area contributed by atoms with Crippen molar-refractivity contribution in [2.45, 2.75) is 6.54 Å². The second-order valence-corrected chi connectivity index (χ2v) is 4.43. The number of benzene rings is 1. The first-order valence-electron chi connectivity index (χ1n) is 4.94. The molecule has 0 aliphatic carbocycles. The monoisotopic (exact) mass is 238 g/mol. The average Bonchev–Trinajstić information content (AvgIpc) is 2.68. The Morgan fingerprint density at radius 3 is 2.56 bits per heavy atom. The van der Waals surface area contributed by atoms with Crippen LogP contribution in [0.5, 0.6) is 11.5 Å². The smallest absolute Gasteiger partial charge is 0.162 e. The van der Waals surface area contributed by atoms with Gasteiger partial charge in [-0.25, -0.2) is 4.98 Å². The van der Waals surface area contributed by atoms with Gasteiger partial charge in [0.15, 0.2) is 11.5 Å². The number of hydrogen-bond donors (Lipinski definition) is 1. The van der Waals surface area contributed by atoms with Crippen molar-refractivity contribution in [1.29, 1.82) is 0 Å². The molecule has 0 saturated heterocycles. The predicted molar refractivity (Wildman–Crippen MR) is 65.5 cm³/mol. The summed E-state index contributed by atoms with van der Waals surface area (Å²) in [7, 11) is 5.18. The number of aromatic nitrogens is 1. The molecule has 2 rings (SSSR count). The fourth-order valence-electron chi connectivity index (χ4n) is 1.53. The molecular formula is C11H14N2O2S. The molecule has 1 heterocycles. The average molecular weight is 238 g/mol. The number of nitrogens with zero attached hydrogens (tertiary/aromatic N) is 1. The van der Waals surface area contributed by atoms with Gasteiger partial charge in [-0.1, -0.05) is 0 Å². The lowest BCUT2D eigenvalue weighted by Gasteiger charge is -2.05. The van der Waals surface area contributed by atoms with Gasteiger partial charge in [-0.3, -0.25) is 0 Å². The molecule has 2 aromatic rings. The van der Waals surface area contributed by atoms with Crippen LogP contribution >= 0.6 is 11.3 Å². The Labute approximate surface area is 98.2 Å². The molecule has 1 aromatic heterocycles. The van der Waals surface area contributed by atoms with Crippen molar-refractivity contribution in [2.24, 2.45) is 0 Å². The third kappa shape index (κ3) is 1.96. The molecular weight excluding hydrogens is 224 g/mol. The van der Waals surface area contributed by atoms with Gasteiger partial charge in [0.25, 0.3) is 0 Å². The van der Waals surface area contributed by atoms with E-state index < -0.39 is 0 Å². The molecule has 0 aliphatic rings. The van der Waals surface area contributed by atoms with Crippen molar-refractivity contribution >= 4 is 21.6 Å². The number of thiazole rings is 1. The van der Waals surface area contributed by atoms with Gasteiger partial charge < -0.3 is 14.8 Å². The van der Waals surface area contributed by atoms with E-state index in [0.29, 0.717) is 0 Å². The van der Waals surface area contributed by atoms with Crippen LogP contribution in [-0.4, -0.2) is 26.3 Å². The SMILES string of the molecule is CNCc1nc2cc(OC)c(OC)cc2s1. The summed E-state index contributed by atoms with van der Waals surface area (Å²) in [6.07, 6.45) is 0. The summed E-state index contributed by atoms with van der Waals surface area (Å²) in [6, 6.07) is 3.87. The first-order chi connectivity index (χ1) is 7.78. The van der Waals surface area contributed by atoms with E-state index in [4.69, 9.17) is 9.47 Å². The van der Waals surface area contributed by atoms with E-state index >= 15 is 0 Å². The molecule has 0 saturated carbocycles. The summed E-state index contributed by atoms with van der Waals surface area (Å²) in [6.45, 7) is 0.782. The third-order valence-corrected chi connectivity index (χ3v) is 3.28. The topological polar surface area (TPSA) is 43.4 Å². The van der Waals surface area contributed by atoms with Gasteiger partial charge in [0, 0.05) is 18.7 Å². The second kappa shape index (κ2) is 4.67. The van der Waals surface area contributed by atoms with Crippen LogP contribution < -0.4 is 14.8 Å². The van der Waals surface area contributed by atoms with Crippen LogP contribution in [0.15, 0.2) is 12.1 Å². The highest BCUT2D eigenvalue weighted by atomic mass is 32.1. The van der Waals surface area contributed by atoms with Crippen LogP contribution in [0.3, 0.4) is 0 Å². The zero-order chi connectivity index (χ0) is 11.5. The lowest BCUT2D eigenvalue weighted by atomic mass is 10.3. The lowest BCUT2D eigenvalue weighted by Crippen LogP contribution is -2.03. The third-order valence-electron chi connectivity index (χ3n) is 2.27. The molecule has 0 atom stereocenters. The van der Waals surface area contributed by atoms with Gasteiger partial charge in [-0.2, -0.15) is 0 Å². The van der Waals surface area contributed by atoms with Crippen molar-refractivity contribution in [1.82, 2.24) is 10.3 Å². The minimum absolute atomic E-state index is 0.719. The molecule has 0 unspecified atom stereocenters. The predicted octanol–water partition coefficient (Wildman–Crippen LogP) is 2.03. The molecule has 16 heavy (non-hydrogen) atoms. The van der Waals surface area contributed by atoms with E-state index in [1.165, 1.54) is 0 Å². The molecule has 0 bridgehead atoms. The number of ether oxygens (including phenoxy) is 2. The van der Waals surface area contributed by atoms with Gasteiger partial charge in [-0.05, 0) is 7.05 Å². The lowest BCUT2D eigenvalue weighted by molar-refractivity contribution is 0.356. The molecule has 1 N–H and O–H groups in total. The van der Waals surface area contributed by atoms with Gasteiger partial charge >= 0.3 is 0 Å². The first kappa shape index (κ1) is 11.2. The molecule has 0 aliphatic heterocycles. The molecule has 86 valence electrons. The molecule has 5 heteroatoms. The molecule has 0 spiro atoms. The number of rotatable bonds is 4. The summed E-state index contributed by atoms with van der Waals surface area (Å²) in [5.74, 6) is 1.46. The number of hydrogen-bond acceptors (Lipinski definition) is 5. The van der Waals surface area contributed by atoms with Gasteiger partial charge in [0.2, 0.25) is 0 Å². The highest BCUT2D eigenvalue weighted by molar-refractivity contribution is 7.18. The highest BCUT2D eigenvalue weighted by Crippen LogP contribution is 2.34. The van der Waals surface area contributed by atoms with Gasteiger partial charge in [0.05, 0.1) is 24.4 Å². The molecule has 0 amide bonds. The van der Waals surface area contributed by atoms with E-state index in [0.717, 1.165) is 33.3 Å².